The van der Waals surface area contributed by atoms with Gasteiger partial charge in [0, 0.05) is 24.7 Å². The molecule has 6 N–H and O–H groups in total. The van der Waals surface area contributed by atoms with Crippen LogP contribution in [0.25, 0.3) is 0 Å². The molecule has 3 rings (SSSR count). The Labute approximate surface area is 179 Å². The summed E-state index contributed by atoms with van der Waals surface area (Å²) in [6.07, 6.45) is 1.59. The molecule has 0 bridgehead atoms. The van der Waals surface area contributed by atoms with Crippen molar-refractivity contribution in [3.05, 3.63) is 34.2 Å². The number of likely N-dealkylation sites (tertiary alicyclic amines) is 1. The Hall–Kier alpha value is -2.77. The van der Waals surface area contributed by atoms with Crippen molar-refractivity contribution >= 4 is 39.1 Å². The largest absolute Gasteiger partial charge is 0.409 e. The monoisotopic (exact) mass is 484 g/mol. The SMILES string of the molecule is N=C(NO)C1CCN(CCNc2nonc2/C(=N/O)Nc2ccc(F)c(Br)c2)CC1. The second-order valence-electron chi connectivity index (χ2n) is 6.73. The summed E-state index contributed by atoms with van der Waals surface area (Å²) in [6.45, 7) is 2.89. The van der Waals surface area contributed by atoms with Crippen LogP contribution in [0.2, 0.25) is 0 Å². The van der Waals surface area contributed by atoms with Crippen LogP contribution in [0.4, 0.5) is 15.9 Å². The van der Waals surface area contributed by atoms with Crippen LogP contribution in [0.5, 0.6) is 0 Å². The minimum Gasteiger partial charge on any atom is -0.409 e. The van der Waals surface area contributed by atoms with Gasteiger partial charge in [0.15, 0.2) is 5.69 Å². The molecule has 30 heavy (non-hydrogen) atoms. The summed E-state index contributed by atoms with van der Waals surface area (Å²) in [5, 5.41) is 42.6. The molecule has 1 aliphatic heterocycles. The topological polar surface area (TPSA) is 155 Å². The van der Waals surface area contributed by atoms with Gasteiger partial charge in [-0.25, -0.2) is 9.02 Å². The average molecular weight is 485 g/mol. The number of hydrogen-bond donors (Lipinski definition) is 6. The number of oxime groups is 1. The van der Waals surface area contributed by atoms with Crippen LogP contribution in [0.1, 0.15) is 18.5 Å². The number of aromatic nitrogens is 2. The van der Waals surface area contributed by atoms with E-state index in [0.29, 0.717) is 18.1 Å². The number of hydrogen-bond acceptors (Lipinski definition) is 9. The third kappa shape index (κ3) is 5.43. The summed E-state index contributed by atoms with van der Waals surface area (Å²) in [5.74, 6) is 0.0849. The zero-order valence-electron chi connectivity index (χ0n) is 15.9. The highest BCUT2D eigenvalue weighted by atomic mass is 79.9. The lowest BCUT2D eigenvalue weighted by atomic mass is 9.96. The van der Waals surface area contributed by atoms with Gasteiger partial charge >= 0.3 is 0 Å². The fraction of sp³-hybridized carbons (Fsp3) is 0.412. The predicted octanol–water partition coefficient (Wildman–Crippen LogP) is 2.30. The lowest BCUT2D eigenvalue weighted by Crippen LogP contribution is -2.41. The first-order valence-electron chi connectivity index (χ1n) is 9.23. The van der Waals surface area contributed by atoms with Crippen molar-refractivity contribution in [2.24, 2.45) is 11.1 Å². The van der Waals surface area contributed by atoms with Crippen molar-refractivity contribution in [3.8, 4) is 0 Å². The molecule has 0 aliphatic carbocycles. The van der Waals surface area contributed by atoms with Crippen molar-refractivity contribution in [3.63, 3.8) is 0 Å². The van der Waals surface area contributed by atoms with Gasteiger partial charge < -0.3 is 20.7 Å². The minimum absolute atomic E-state index is 0.00640. The molecule has 0 saturated carbocycles. The molecule has 1 fully saturated rings. The lowest BCUT2D eigenvalue weighted by molar-refractivity contribution is 0.191. The van der Waals surface area contributed by atoms with Gasteiger partial charge in [-0.05, 0) is 70.4 Å². The van der Waals surface area contributed by atoms with Crippen LogP contribution in [-0.4, -0.2) is 63.5 Å². The zero-order valence-corrected chi connectivity index (χ0v) is 17.5. The van der Waals surface area contributed by atoms with E-state index in [-0.39, 0.29) is 27.8 Å². The van der Waals surface area contributed by atoms with E-state index >= 15 is 0 Å². The van der Waals surface area contributed by atoms with Gasteiger partial charge in [-0.2, -0.15) is 0 Å². The molecule has 0 radical (unpaired) electrons. The Morgan fingerprint density at radius 3 is 2.80 bits per heavy atom. The zero-order chi connectivity index (χ0) is 21.5. The van der Waals surface area contributed by atoms with E-state index in [4.69, 9.17) is 15.2 Å². The maximum atomic E-state index is 13.4. The molecule has 2 aromatic rings. The summed E-state index contributed by atoms with van der Waals surface area (Å²) in [4.78, 5) is 2.23. The molecule has 0 unspecified atom stereocenters. The Morgan fingerprint density at radius 2 is 2.13 bits per heavy atom. The fourth-order valence-corrected chi connectivity index (χ4v) is 3.55. The molecule has 162 valence electrons. The Balaban J connectivity index is 1.53. The summed E-state index contributed by atoms with van der Waals surface area (Å²) in [7, 11) is 0. The first-order valence-corrected chi connectivity index (χ1v) is 10.0. The van der Waals surface area contributed by atoms with Gasteiger partial charge in [0.1, 0.15) is 11.7 Å². The smallest absolute Gasteiger partial charge is 0.203 e. The number of anilines is 2. The van der Waals surface area contributed by atoms with Gasteiger partial charge in [-0.3, -0.25) is 16.1 Å². The number of nitrogens with one attached hydrogen (secondary N) is 4. The Morgan fingerprint density at radius 1 is 1.37 bits per heavy atom. The summed E-state index contributed by atoms with van der Waals surface area (Å²) < 4.78 is 18.4. The first-order chi connectivity index (χ1) is 14.5. The summed E-state index contributed by atoms with van der Waals surface area (Å²) >= 11 is 3.10. The van der Waals surface area contributed by atoms with Gasteiger partial charge in [0.05, 0.1) is 4.47 Å². The first kappa shape index (κ1) is 21.9. The predicted molar refractivity (Wildman–Crippen MR) is 111 cm³/mol. The fourth-order valence-electron chi connectivity index (χ4n) is 3.17. The van der Waals surface area contributed by atoms with Gasteiger partial charge in [0.2, 0.25) is 11.7 Å². The molecule has 0 amide bonds. The third-order valence-electron chi connectivity index (χ3n) is 4.83. The highest BCUT2D eigenvalue weighted by Gasteiger charge is 2.23. The maximum absolute atomic E-state index is 13.4. The van der Waals surface area contributed by atoms with Crippen molar-refractivity contribution in [2.75, 3.05) is 36.8 Å². The summed E-state index contributed by atoms with van der Waals surface area (Å²) in [5.41, 5.74) is 2.59. The molecule has 0 spiro atoms. The summed E-state index contributed by atoms with van der Waals surface area (Å²) in [6, 6.07) is 4.25. The number of piperidine rings is 1. The van der Waals surface area contributed by atoms with Crippen molar-refractivity contribution in [2.45, 2.75) is 12.8 Å². The van der Waals surface area contributed by atoms with E-state index in [2.05, 4.69) is 46.9 Å². The van der Waals surface area contributed by atoms with E-state index in [1.807, 2.05) is 5.48 Å². The molecule has 11 nitrogen and oxygen atoms in total. The third-order valence-corrected chi connectivity index (χ3v) is 5.44. The van der Waals surface area contributed by atoms with E-state index < -0.39 is 5.82 Å². The molecule has 2 heterocycles. The van der Waals surface area contributed by atoms with Crippen molar-refractivity contribution < 1.29 is 19.4 Å². The quantitative estimate of drug-likeness (QED) is 0.150. The van der Waals surface area contributed by atoms with E-state index in [0.717, 1.165) is 32.5 Å². The van der Waals surface area contributed by atoms with Crippen LogP contribution in [-0.2, 0) is 0 Å². The van der Waals surface area contributed by atoms with Crippen LogP contribution in [0, 0.1) is 17.1 Å². The lowest BCUT2D eigenvalue weighted by Gasteiger charge is -2.31. The number of halogens is 2. The molecular formula is C17H22BrFN8O3. The second-order valence-corrected chi connectivity index (χ2v) is 7.59. The minimum atomic E-state index is -0.415. The highest BCUT2D eigenvalue weighted by Crippen LogP contribution is 2.21. The molecule has 1 aromatic heterocycles. The van der Waals surface area contributed by atoms with E-state index in [1.165, 1.54) is 18.2 Å². The standard InChI is InChI=1S/C17H22BrFN8O3/c18-12-9-11(1-2-13(12)19)22-17(24-29)14-16(26-30-25-14)21-5-8-27-6-3-10(4-7-27)15(20)23-28/h1-2,9-10,28-29H,3-8H2,(H2,20,23)(H,21,26)(H,22,24). The molecule has 1 aliphatic rings. The molecule has 1 aromatic carbocycles. The average Bonchev–Trinajstić information content (AvgIpc) is 3.22. The van der Waals surface area contributed by atoms with Gasteiger partial charge in [0.25, 0.3) is 0 Å². The van der Waals surface area contributed by atoms with Gasteiger partial charge in [-0.1, -0.05) is 5.16 Å². The van der Waals surface area contributed by atoms with Crippen molar-refractivity contribution in [1.29, 1.82) is 5.41 Å². The number of hydroxylamine groups is 1. The number of nitrogens with zero attached hydrogens (tertiary/aromatic N) is 4. The van der Waals surface area contributed by atoms with E-state index in [1.54, 1.807) is 0 Å². The highest BCUT2D eigenvalue weighted by molar-refractivity contribution is 9.10. The van der Waals surface area contributed by atoms with Crippen LogP contribution < -0.4 is 16.1 Å². The molecular weight excluding hydrogens is 463 g/mol. The van der Waals surface area contributed by atoms with Crippen LogP contribution in [0.15, 0.2) is 32.5 Å². The van der Waals surface area contributed by atoms with E-state index in [9.17, 15) is 9.60 Å². The van der Waals surface area contributed by atoms with Crippen LogP contribution >= 0.6 is 15.9 Å². The molecule has 0 atom stereocenters. The number of amidine groups is 2. The van der Waals surface area contributed by atoms with Crippen molar-refractivity contribution in [1.82, 2.24) is 20.7 Å². The normalized spacial score (nSPS) is 15.8. The Kier molecular flexibility index (Phi) is 7.54. The van der Waals surface area contributed by atoms with Gasteiger partial charge in [-0.15, -0.1) is 0 Å². The Bertz CT molecular complexity index is 901. The maximum Gasteiger partial charge on any atom is 0.203 e. The number of rotatable bonds is 7. The number of benzene rings is 1. The van der Waals surface area contributed by atoms with Crippen LogP contribution in [0.3, 0.4) is 0 Å². The molecule has 13 heteroatoms. The second kappa shape index (κ2) is 10.3. The molecule has 1 saturated heterocycles.